The number of aromatic nitrogens is 1. The summed E-state index contributed by atoms with van der Waals surface area (Å²) in [5.74, 6) is 1.19. The van der Waals surface area contributed by atoms with Gasteiger partial charge in [0.1, 0.15) is 5.82 Å². The van der Waals surface area contributed by atoms with Gasteiger partial charge < -0.3 is 15.8 Å². The highest BCUT2D eigenvalue weighted by atomic mass is 16.5. The largest absolute Gasteiger partial charge is 0.383 e. The SMILES string of the molecule is COCCNCC(C)Cc1cc(C)cnc1N. The smallest absolute Gasteiger partial charge is 0.126 e. The summed E-state index contributed by atoms with van der Waals surface area (Å²) < 4.78 is 4.98. The summed E-state index contributed by atoms with van der Waals surface area (Å²) in [6, 6.07) is 2.12. The average molecular weight is 237 g/mol. The van der Waals surface area contributed by atoms with Crippen LogP contribution in [0.4, 0.5) is 5.82 Å². The maximum atomic E-state index is 5.86. The molecule has 1 atom stereocenters. The fourth-order valence-corrected chi connectivity index (χ4v) is 1.77. The lowest BCUT2D eigenvalue weighted by Crippen LogP contribution is -2.26. The van der Waals surface area contributed by atoms with E-state index in [9.17, 15) is 0 Å². The van der Waals surface area contributed by atoms with Gasteiger partial charge >= 0.3 is 0 Å². The van der Waals surface area contributed by atoms with E-state index < -0.39 is 0 Å². The van der Waals surface area contributed by atoms with Crippen molar-refractivity contribution in [2.75, 3.05) is 32.5 Å². The monoisotopic (exact) mass is 237 g/mol. The molecule has 0 fully saturated rings. The van der Waals surface area contributed by atoms with Gasteiger partial charge in [-0.3, -0.25) is 0 Å². The van der Waals surface area contributed by atoms with Crippen LogP contribution in [0, 0.1) is 12.8 Å². The molecule has 4 heteroatoms. The lowest BCUT2D eigenvalue weighted by molar-refractivity contribution is 0.198. The van der Waals surface area contributed by atoms with Crippen LogP contribution in [0.2, 0.25) is 0 Å². The Kier molecular flexibility index (Phi) is 5.94. The van der Waals surface area contributed by atoms with Crippen LogP contribution >= 0.6 is 0 Å². The van der Waals surface area contributed by atoms with Crippen molar-refractivity contribution >= 4 is 5.82 Å². The minimum Gasteiger partial charge on any atom is -0.383 e. The van der Waals surface area contributed by atoms with Gasteiger partial charge in [0.05, 0.1) is 6.61 Å². The molecule has 0 saturated heterocycles. The number of nitrogens with two attached hydrogens (primary N) is 1. The molecule has 17 heavy (non-hydrogen) atoms. The maximum Gasteiger partial charge on any atom is 0.126 e. The highest BCUT2D eigenvalue weighted by Crippen LogP contribution is 2.14. The topological polar surface area (TPSA) is 60.2 Å². The molecule has 1 unspecified atom stereocenters. The summed E-state index contributed by atoms with van der Waals surface area (Å²) >= 11 is 0. The Labute approximate surface area is 104 Å². The van der Waals surface area contributed by atoms with Crippen LogP contribution in [0.15, 0.2) is 12.3 Å². The zero-order chi connectivity index (χ0) is 12.7. The molecule has 3 N–H and O–H groups in total. The summed E-state index contributed by atoms with van der Waals surface area (Å²) in [6.45, 7) is 6.86. The number of aryl methyl sites for hydroxylation is 1. The molecule has 0 spiro atoms. The standard InChI is InChI=1S/C13H23N3O/c1-10(8-15-4-5-17-3)6-12-7-11(2)9-16-13(12)14/h7,9-10,15H,4-6,8H2,1-3H3,(H2,14,16). The molecule has 0 saturated carbocycles. The van der Waals surface area contributed by atoms with Crippen molar-refractivity contribution in [3.05, 3.63) is 23.4 Å². The van der Waals surface area contributed by atoms with Gasteiger partial charge in [0.15, 0.2) is 0 Å². The number of nitrogens with zero attached hydrogens (tertiary/aromatic N) is 1. The van der Waals surface area contributed by atoms with Crippen molar-refractivity contribution in [2.45, 2.75) is 20.3 Å². The van der Waals surface area contributed by atoms with Crippen LogP contribution in [0.3, 0.4) is 0 Å². The number of hydrogen-bond donors (Lipinski definition) is 2. The second-order valence-electron chi connectivity index (χ2n) is 4.56. The van der Waals surface area contributed by atoms with Gasteiger partial charge in [-0.2, -0.15) is 0 Å². The van der Waals surface area contributed by atoms with Crippen molar-refractivity contribution < 1.29 is 4.74 Å². The number of methoxy groups -OCH3 is 1. The molecule has 0 amide bonds. The summed E-state index contributed by atoms with van der Waals surface area (Å²) in [7, 11) is 1.71. The van der Waals surface area contributed by atoms with E-state index in [2.05, 4.69) is 23.3 Å². The second-order valence-corrected chi connectivity index (χ2v) is 4.56. The molecule has 1 aromatic rings. The van der Waals surface area contributed by atoms with Gasteiger partial charge in [0.2, 0.25) is 0 Å². The van der Waals surface area contributed by atoms with E-state index >= 15 is 0 Å². The molecule has 0 bridgehead atoms. The van der Waals surface area contributed by atoms with E-state index in [1.165, 1.54) is 0 Å². The number of rotatable bonds is 7. The number of hydrogen-bond acceptors (Lipinski definition) is 4. The molecule has 1 heterocycles. The molecule has 0 radical (unpaired) electrons. The number of pyridine rings is 1. The van der Waals surface area contributed by atoms with E-state index in [1.54, 1.807) is 13.3 Å². The number of nitrogens with one attached hydrogen (secondary N) is 1. The third-order valence-corrected chi connectivity index (χ3v) is 2.68. The normalized spacial score (nSPS) is 12.6. The van der Waals surface area contributed by atoms with E-state index in [4.69, 9.17) is 10.5 Å². The van der Waals surface area contributed by atoms with Gasteiger partial charge in [0.25, 0.3) is 0 Å². The van der Waals surface area contributed by atoms with Gasteiger partial charge in [-0.1, -0.05) is 13.0 Å². The van der Waals surface area contributed by atoms with Gasteiger partial charge in [0, 0.05) is 19.9 Å². The Morgan fingerprint density at radius 2 is 2.29 bits per heavy atom. The van der Waals surface area contributed by atoms with Crippen LogP contribution in [-0.4, -0.2) is 31.8 Å². The molecule has 0 aliphatic carbocycles. The van der Waals surface area contributed by atoms with Gasteiger partial charge in [-0.25, -0.2) is 4.98 Å². The number of ether oxygens (including phenoxy) is 1. The van der Waals surface area contributed by atoms with Crippen LogP contribution in [0.25, 0.3) is 0 Å². The van der Waals surface area contributed by atoms with Crippen molar-refractivity contribution in [2.24, 2.45) is 5.92 Å². The van der Waals surface area contributed by atoms with Gasteiger partial charge in [-0.05, 0) is 36.9 Å². The summed E-state index contributed by atoms with van der Waals surface area (Å²) in [5.41, 5.74) is 8.17. The summed E-state index contributed by atoms with van der Waals surface area (Å²) in [5, 5.41) is 3.35. The van der Waals surface area contributed by atoms with E-state index in [-0.39, 0.29) is 0 Å². The van der Waals surface area contributed by atoms with E-state index in [1.807, 2.05) is 6.92 Å². The lowest BCUT2D eigenvalue weighted by Gasteiger charge is -2.14. The molecule has 1 aromatic heterocycles. The molecule has 96 valence electrons. The van der Waals surface area contributed by atoms with Crippen LogP contribution in [-0.2, 0) is 11.2 Å². The Hall–Kier alpha value is -1.13. The molecule has 0 aliphatic heterocycles. The third-order valence-electron chi connectivity index (χ3n) is 2.68. The molecule has 0 aromatic carbocycles. The second kappa shape index (κ2) is 7.25. The Bertz CT molecular complexity index is 341. The fourth-order valence-electron chi connectivity index (χ4n) is 1.77. The van der Waals surface area contributed by atoms with Crippen molar-refractivity contribution in [1.29, 1.82) is 0 Å². The van der Waals surface area contributed by atoms with E-state index in [0.717, 1.165) is 37.2 Å². The lowest BCUT2D eigenvalue weighted by atomic mass is 10.0. The predicted molar refractivity (Wildman–Crippen MR) is 71.0 cm³/mol. The van der Waals surface area contributed by atoms with Gasteiger partial charge in [-0.15, -0.1) is 0 Å². The zero-order valence-corrected chi connectivity index (χ0v) is 11.0. The first-order valence-electron chi connectivity index (χ1n) is 6.04. The Morgan fingerprint density at radius 1 is 1.53 bits per heavy atom. The van der Waals surface area contributed by atoms with Crippen molar-refractivity contribution in [3.63, 3.8) is 0 Å². The molecule has 0 aliphatic rings. The molecule has 4 nitrogen and oxygen atoms in total. The fraction of sp³-hybridized carbons (Fsp3) is 0.615. The number of nitrogen functional groups attached to an aromatic ring is 1. The average Bonchev–Trinajstić information content (AvgIpc) is 2.29. The van der Waals surface area contributed by atoms with Crippen molar-refractivity contribution in [1.82, 2.24) is 10.3 Å². The Morgan fingerprint density at radius 3 is 3.00 bits per heavy atom. The predicted octanol–water partition coefficient (Wildman–Crippen LogP) is 1.39. The highest BCUT2D eigenvalue weighted by molar-refractivity contribution is 5.40. The third kappa shape index (κ3) is 5.15. The zero-order valence-electron chi connectivity index (χ0n) is 11.0. The maximum absolute atomic E-state index is 5.86. The van der Waals surface area contributed by atoms with Crippen LogP contribution in [0.1, 0.15) is 18.1 Å². The summed E-state index contributed by atoms with van der Waals surface area (Å²) in [4.78, 5) is 4.18. The Balaban J connectivity index is 2.39. The van der Waals surface area contributed by atoms with E-state index in [0.29, 0.717) is 11.7 Å². The van der Waals surface area contributed by atoms with Crippen LogP contribution < -0.4 is 11.1 Å². The van der Waals surface area contributed by atoms with Crippen molar-refractivity contribution in [3.8, 4) is 0 Å². The minimum absolute atomic E-state index is 0.540. The summed E-state index contributed by atoms with van der Waals surface area (Å²) in [6.07, 6.45) is 2.76. The highest BCUT2D eigenvalue weighted by Gasteiger charge is 2.07. The molecular weight excluding hydrogens is 214 g/mol. The first kappa shape index (κ1) is 13.9. The molecule has 1 rings (SSSR count). The minimum atomic E-state index is 0.540. The quantitative estimate of drug-likeness (QED) is 0.704. The van der Waals surface area contributed by atoms with Crippen LogP contribution in [0.5, 0.6) is 0 Å². The number of anilines is 1. The molecular formula is C13H23N3O. The first-order valence-corrected chi connectivity index (χ1v) is 6.04. The first-order chi connectivity index (χ1) is 8.13.